The second-order valence-electron chi connectivity index (χ2n) is 13.6. The van der Waals surface area contributed by atoms with Crippen LogP contribution in [0.4, 0.5) is 0 Å². The van der Waals surface area contributed by atoms with E-state index in [0.29, 0.717) is 0 Å². The van der Waals surface area contributed by atoms with Crippen LogP contribution in [-0.2, 0) is 0 Å². The molecule has 0 fully saturated rings. The molecule has 3 heteroatoms. The molecule has 11 aromatic rings. The van der Waals surface area contributed by atoms with Crippen LogP contribution in [0.3, 0.4) is 0 Å². The van der Waals surface area contributed by atoms with Gasteiger partial charge in [-0.15, -0.1) is 0 Å². The van der Waals surface area contributed by atoms with Gasteiger partial charge in [0.2, 0.25) is 0 Å². The molecule has 0 spiro atoms. The molecule has 0 amide bonds. The summed E-state index contributed by atoms with van der Waals surface area (Å²) in [6.07, 6.45) is 0. The molecule has 0 N–H and O–H groups in total. The van der Waals surface area contributed by atoms with Crippen molar-refractivity contribution in [2.75, 3.05) is 0 Å². The van der Waals surface area contributed by atoms with E-state index in [-0.39, 0.29) is 0 Å². The number of nitrogens with zero attached hydrogens (tertiary/aromatic N) is 3. The lowest BCUT2D eigenvalue weighted by Gasteiger charge is -2.13. The minimum Gasteiger partial charge on any atom is -0.309 e. The van der Waals surface area contributed by atoms with E-state index in [2.05, 4.69) is 197 Å². The Morgan fingerprint density at radius 1 is 0.308 bits per heavy atom. The molecule has 0 radical (unpaired) electrons. The van der Waals surface area contributed by atoms with E-state index in [0.717, 1.165) is 33.8 Å². The monoisotopic (exact) mass is 661 g/mol. The molecule has 3 nitrogen and oxygen atoms in total. The van der Waals surface area contributed by atoms with Gasteiger partial charge in [-0.05, 0) is 71.1 Å². The van der Waals surface area contributed by atoms with Crippen LogP contribution >= 0.6 is 0 Å². The summed E-state index contributed by atoms with van der Waals surface area (Å²) in [7, 11) is 0. The van der Waals surface area contributed by atoms with Gasteiger partial charge in [0.1, 0.15) is 0 Å². The Labute approximate surface area is 300 Å². The molecule has 0 atom stereocenters. The van der Waals surface area contributed by atoms with Crippen LogP contribution in [0.1, 0.15) is 0 Å². The van der Waals surface area contributed by atoms with Gasteiger partial charge >= 0.3 is 0 Å². The van der Waals surface area contributed by atoms with Gasteiger partial charge in [-0.3, -0.25) is 0 Å². The Hall–Kier alpha value is -6.97. The summed E-state index contributed by atoms with van der Waals surface area (Å²) < 4.78 is 4.88. The minimum absolute atomic E-state index is 0.946. The Balaban J connectivity index is 1.17. The van der Waals surface area contributed by atoms with E-state index >= 15 is 0 Å². The largest absolute Gasteiger partial charge is 0.309 e. The first-order valence-electron chi connectivity index (χ1n) is 17.8. The van der Waals surface area contributed by atoms with Crippen LogP contribution in [0.5, 0.6) is 0 Å². The third kappa shape index (κ3) is 4.36. The summed E-state index contributed by atoms with van der Waals surface area (Å²) in [6.45, 7) is 0. The van der Waals surface area contributed by atoms with E-state index in [4.69, 9.17) is 4.98 Å². The molecule has 0 aliphatic heterocycles. The fraction of sp³-hybridized carbons (Fsp3) is 0. The Kier molecular flexibility index (Phi) is 6.25. The van der Waals surface area contributed by atoms with Crippen LogP contribution in [-0.4, -0.2) is 14.0 Å². The third-order valence-electron chi connectivity index (χ3n) is 10.6. The number of fused-ring (bicyclic) bond motifs is 11. The van der Waals surface area contributed by atoms with Crippen molar-refractivity contribution in [1.82, 2.24) is 14.0 Å². The van der Waals surface area contributed by atoms with Crippen LogP contribution < -0.4 is 0 Å². The number of hydrogen-bond acceptors (Lipinski definition) is 1. The van der Waals surface area contributed by atoms with Gasteiger partial charge in [0.25, 0.3) is 0 Å². The molecule has 0 aliphatic carbocycles. The maximum atomic E-state index is 5.26. The number of aromatic nitrogens is 3. The molecule has 0 aliphatic rings. The summed E-state index contributed by atoms with van der Waals surface area (Å²) in [4.78, 5) is 5.26. The highest BCUT2D eigenvalue weighted by Gasteiger charge is 2.18. The van der Waals surface area contributed by atoms with Crippen molar-refractivity contribution in [2.24, 2.45) is 0 Å². The lowest BCUT2D eigenvalue weighted by atomic mass is 10.00. The second-order valence-corrected chi connectivity index (χ2v) is 13.6. The lowest BCUT2D eigenvalue weighted by molar-refractivity contribution is 1.18. The topological polar surface area (TPSA) is 22.2 Å². The SMILES string of the molecule is c1ccc(-c2cc(-c3ccccc3)nc(-c3cccc(-n4c5ccccc5c5cc6cc7c8ccccc8c8ccccc8n7c6cc54)c3)c2)cc1. The fourth-order valence-electron chi connectivity index (χ4n) is 8.28. The number of benzene rings is 7. The smallest absolute Gasteiger partial charge is 0.0716 e. The van der Waals surface area contributed by atoms with Crippen LogP contribution in [0, 0.1) is 0 Å². The first kappa shape index (κ1) is 28.8. The summed E-state index contributed by atoms with van der Waals surface area (Å²) in [6, 6.07) is 67.8. The quantitative estimate of drug-likeness (QED) is 0.172. The molecule has 52 heavy (non-hydrogen) atoms. The van der Waals surface area contributed by atoms with Gasteiger partial charge in [0.15, 0.2) is 0 Å². The highest BCUT2D eigenvalue weighted by atomic mass is 15.0. The highest BCUT2D eigenvalue weighted by Crippen LogP contribution is 2.40. The third-order valence-corrected chi connectivity index (χ3v) is 10.6. The zero-order chi connectivity index (χ0) is 34.2. The standard InChI is InChI=1S/C49H31N3/c1-3-14-32(15-4-1)35-28-43(33-16-5-2-6-17-33)50-44(29-35)34-18-13-19-37(26-34)51-45-24-11-10-23-41(45)42-27-36-30-48-40-22-8-7-20-38(40)39-21-9-12-25-46(39)52(48)47(36)31-49(42)51/h1-31H. The van der Waals surface area contributed by atoms with Crippen molar-refractivity contribution in [1.29, 1.82) is 0 Å². The minimum atomic E-state index is 0.946. The first-order valence-corrected chi connectivity index (χ1v) is 17.8. The maximum Gasteiger partial charge on any atom is 0.0716 e. The van der Waals surface area contributed by atoms with Crippen molar-refractivity contribution in [2.45, 2.75) is 0 Å². The maximum absolute atomic E-state index is 5.26. The van der Waals surface area contributed by atoms with Gasteiger partial charge < -0.3 is 8.97 Å². The Morgan fingerprint density at radius 3 is 1.63 bits per heavy atom. The normalized spacial score (nSPS) is 11.8. The fourth-order valence-corrected chi connectivity index (χ4v) is 8.28. The van der Waals surface area contributed by atoms with E-state index in [1.807, 2.05) is 0 Å². The summed E-state index contributed by atoms with van der Waals surface area (Å²) in [5.41, 5.74) is 13.5. The van der Waals surface area contributed by atoms with Crippen molar-refractivity contribution in [3.05, 3.63) is 188 Å². The van der Waals surface area contributed by atoms with Gasteiger partial charge in [-0.25, -0.2) is 4.98 Å². The van der Waals surface area contributed by atoms with Crippen LogP contribution in [0.25, 0.3) is 99.2 Å². The zero-order valence-electron chi connectivity index (χ0n) is 28.2. The molecule has 4 heterocycles. The number of pyridine rings is 2. The average Bonchev–Trinajstić information content (AvgIpc) is 3.76. The van der Waals surface area contributed by atoms with Crippen molar-refractivity contribution < 1.29 is 0 Å². The molecule has 0 unspecified atom stereocenters. The molecule has 0 bridgehead atoms. The molecule has 0 saturated heterocycles. The molecular weight excluding hydrogens is 631 g/mol. The molecule has 7 aromatic carbocycles. The molecule has 11 rings (SSSR count). The van der Waals surface area contributed by atoms with Crippen LogP contribution in [0.2, 0.25) is 0 Å². The Bertz CT molecular complexity index is 3110. The van der Waals surface area contributed by atoms with E-state index < -0.39 is 0 Å². The van der Waals surface area contributed by atoms with Crippen molar-refractivity contribution in [3.63, 3.8) is 0 Å². The van der Waals surface area contributed by atoms with Crippen LogP contribution in [0.15, 0.2) is 188 Å². The zero-order valence-corrected chi connectivity index (χ0v) is 28.2. The van der Waals surface area contributed by atoms with Gasteiger partial charge in [0, 0.05) is 43.7 Å². The molecule has 0 saturated carbocycles. The highest BCUT2D eigenvalue weighted by molar-refractivity contribution is 6.19. The van der Waals surface area contributed by atoms with Gasteiger partial charge in [0.05, 0.1) is 39.0 Å². The first-order chi connectivity index (χ1) is 25.8. The molecular formula is C49H31N3. The van der Waals surface area contributed by atoms with Crippen molar-refractivity contribution in [3.8, 4) is 39.3 Å². The van der Waals surface area contributed by atoms with E-state index in [1.54, 1.807) is 0 Å². The van der Waals surface area contributed by atoms with E-state index in [9.17, 15) is 0 Å². The van der Waals surface area contributed by atoms with Gasteiger partial charge in [-0.1, -0.05) is 133 Å². The average molecular weight is 662 g/mol. The number of para-hydroxylation sites is 2. The predicted molar refractivity (Wildman–Crippen MR) is 218 cm³/mol. The molecule has 242 valence electrons. The predicted octanol–water partition coefficient (Wildman–Crippen LogP) is 12.9. The number of rotatable bonds is 4. The molecule has 4 aromatic heterocycles. The van der Waals surface area contributed by atoms with Gasteiger partial charge in [-0.2, -0.15) is 0 Å². The number of hydrogen-bond donors (Lipinski definition) is 0. The van der Waals surface area contributed by atoms with E-state index in [1.165, 1.54) is 65.5 Å². The summed E-state index contributed by atoms with van der Waals surface area (Å²) >= 11 is 0. The lowest BCUT2D eigenvalue weighted by Crippen LogP contribution is -1.96. The van der Waals surface area contributed by atoms with Crippen molar-refractivity contribution >= 4 is 59.9 Å². The second kappa shape index (κ2) is 11.3. The summed E-state index contributed by atoms with van der Waals surface area (Å²) in [5, 5.41) is 7.53. The Morgan fingerprint density at radius 2 is 0.885 bits per heavy atom. The summed E-state index contributed by atoms with van der Waals surface area (Å²) in [5.74, 6) is 0.